The zero-order valence-electron chi connectivity index (χ0n) is 15.7. The van der Waals surface area contributed by atoms with Crippen molar-refractivity contribution in [3.63, 3.8) is 0 Å². The van der Waals surface area contributed by atoms with Crippen LogP contribution in [0.4, 0.5) is 0 Å². The summed E-state index contributed by atoms with van der Waals surface area (Å²) in [5.41, 5.74) is 4.17. The van der Waals surface area contributed by atoms with Crippen molar-refractivity contribution >= 4 is 0 Å². The van der Waals surface area contributed by atoms with Gasteiger partial charge in [-0.15, -0.1) is 0 Å². The van der Waals surface area contributed by atoms with Crippen LogP contribution in [0.25, 0.3) is 28.2 Å². The van der Waals surface area contributed by atoms with E-state index in [1.54, 1.807) is 20.3 Å². The molecule has 0 aliphatic rings. The van der Waals surface area contributed by atoms with Gasteiger partial charge in [-0.1, -0.05) is 18.2 Å². The minimum atomic E-state index is 0.123. The maximum Gasteiger partial charge on any atom is 0.128 e. The molecule has 28 heavy (non-hydrogen) atoms. The standard InChI is InChI=1S/C23H20N2O3/c1-27-18-10-8-16(9-11-18)22-15-21(20-13-12-19(28-2)14-23(20)26)24-25(22)17-6-4-3-5-7-17/h3-15,26H,1-2H3. The molecule has 1 N–H and O–H groups in total. The average molecular weight is 372 g/mol. The van der Waals surface area contributed by atoms with E-state index < -0.39 is 0 Å². The third-order valence-electron chi connectivity index (χ3n) is 4.58. The second kappa shape index (κ2) is 7.48. The van der Waals surface area contributed by atoms with Crippen molar-refractivity contribution < 1.29 is 14.6 Å². The summed E-state index contributed by atoms with van der Waals surface area (Å²) < 4.78 is 12.3. The molecular weight excluding hydrogens is 352 g/mol. The molecule has 0 radical (unpaired) electrons. The van der Waals surface area contributed by atoms with E-state index in [0.29, 0.717) is 17.0 Å². The third kappa shape index (κ3) is 3.30. The van der Waals surface area contributed by atoms with Gasteiger partial charge in [0.25, 0.3) is 0 Å². The van der Waals surface area contributed by atoms with Gasteiger partial charge < -0.3 is 14.6 Å². The number of nitrogens with zero attached hydrogens (tertiary/aromatic N) is 2. The van der Waals surface area contributed by atoms with Gasteiger partial charge in [-0.3, -0.25) is 0 Å². The monoisotopic (exact) mass is 372 g/mol. The van der Waals surface area contributed by atoms with Gasteiger partial charge in [0.05, 0.1) is 31.3 Å². The number of hydrogen-bond acceptors (Lipinski definition) is 4. The highest BCUT2D eigenvalue weighted by atomic mass is 16.5. The third-order valence-corrected chi connectivity index (χ3v) is 4.58. The van der Waals surface area contributed by atoms with Gasteiger partial charge in [0, 0.05) is 17.2 Å². The molecule has 0 aliphatic heterocycles. The normalized spacial score (nSPS) is 10.6. The van der Waals surface area contributed by atoms with Crippen molar-refractivity contribution in [1.82, 2.24) is 9.78 Å². The molecule has 0 amide bonds. The summed E-state index contributed by atoms with van der Waals surface area (Å²) in [5.74, 6) is 1.51. The lowest BCUT2D eigenvalue weighted by atomic mass is 10.1. The van der Waals surface area contributed by atoms with E-state index in [-0.39, 0.29) is 5.75 Å². The molecular formula is C23H20N2O3. The fourth-order valence-corrected chi connectivity index (χ4v) is 3.10. The minimum absolute atomic E-state index is 0.123. The van der Waals surface area contributed by atoms with Gasteiger partial charge in [0.1, 0.15) is 17.2 Å². The van der Waals surface area contributed by atoms with Gasteiger partial charge >= 0.3 is 0 Å². The van der Waals surface area contributed by atoms with Crippen molar-refractivity contribution in [3.8, 4) is 45.5 Å². The van der Waals surface area contributed by atoms with Gasteiger partial charge in [0.15, 0.2) is 0 Å². The molecule has 0 unspecified atom stereocenters. The summed E-state index contributed by atoms with van der Waals surface area (Å²) in [5, 5.41) is 15.2. The summed E-state index contributed by atoms with van der Waals surface area (Å²) in [6.45, 7) is 0. The van der Waals surface area contributed by atoms with E-state index in [9.17, 15) is 5.11 Å². The molecule has 0 saturated heterocycles. The topological polar surface area (TPSA) is 56.5 Å². The van der Waals surface area contributed by atoms with Crippen LogP contribution in [0.3, 0.4) is 0 Å². The fraction of sp³-hybridized carbons (Fsp3) is 0.0870. The van der Waals surface area contributed by atoms with Crippen molar-refractivity contribution in [1.29, 1.82) is 0 Å². The maximum absolute atomic E-state index is 10.4. The number of rotatable bonds is 5. The molecule has 1 heterocycles. The molecule has 0 fully saturated rings. The Balaban J connectivity index is 1.87. The van der Waals surface area contributed by atoms with E-state index in [2.05, 4.69) is 0 Å². The summed E-state index contributed by atoms with van der Waals surface area (Å²) in [7, 11) is 3.22. The Morgan fingerprint density at radius 3 is 2.11 bits per heavy atom. The van der Waals surface area contributed by atoms with Crippen LogP contribution < -0.4 is 9.47 Å². The van der Waals surface area contributed by atoms with E-state index in [1.807, 2.05) is 77.5 Å². The summed E-state index contributed by atoms with van der Waals surface area (Å²) >= 11 is 0. The van der Waals surface area contributed by atoms with Crippen molar-refractivity contribution in [2.45, 2.75) is 0 Å². The number of para-hydroxylation sites is 1. The number of methoxy groups -OCH3 is 2. The largest absolute Gasteiger partial charge is 0.507 e. The molecule has 5 heteroatoms. The van der Waals surface area contributed by atoms with Crippen LogP contribution >= 0.6 is 0 Å². The number of phenols is 1. The number of ether oxygens (including phenoxy) is 2. The van der Waals surface area contributed by atoms with Crippen LogP contribution in [0.15, 0.2) is 78.9 Å². The van der Waals surface area contributed by atoms with Gasteiger partial charge in [-0.25, -0.2) is 4.68 Å². The van der Waals surface area contributed by atoms with Crippen molar-refractivity contribution in [2.75, 3.05) is 14.2 Å². The molecule has 1 aromatic heterocycles. The molecule has 0 saturated carbocycles. The lowest BCUT2D eigenvalue weighted by Crippen LogP contribution is -1.99. The molecule has 0 atom stereocenters. The Kier molecular flexibility index (Phi) is 4.72. The molecule has 4 rings (SSSR count). The van der Waals surface area contributed by atoms with Crippen LogP contribution in [-0.2, 0) is 0 Å². The highest BCUT2D eigenvalue weighted by molar-refractivity contribution is 5.74. The predicted octanol–water partition coefficient (Wildman–Crippen LogP) is 4.93. The first-order chi connectivity index (χ1) is 13.7. The molecule has 4 aromatic rings. The average Bonchev–Trinajstić information content (AvgIpc) is 3.19. The first-order valence-electron chi connectivity index (χ1n) is 8.87. The Labute approximate surface area is 163 Å². The molecule has 0 aliphatic carbocycles. The smallest absolute Gasteiger partial charge is 0.128 e. The first kappa shape index (κ1) is 17.7. The van der Waals surface area contributed by atoms with Crippen LogP contribution in [0.5, 0.6) is 17.2 Å². The number of phenolic OH excluding ortho intramolecular Hbond substituents is 1. The first-order valence-corrected chi connectivity index (χ1v) is 8.87. The number of benzene rings is 3. The quantitative estimate of drug-likeness (QED) is 0.540. The van der Waals surface area contributed by atoms with Crippen LogP contribution in [0, 0.1) is 0 Å². The summed E-state index contributed by atoms with van der Waals surface area (Å²) in [4.78, 5) is 0. The summed E-state index contributed by atoms with van der Waals surface area (Å²) in [6.07, 6.45) is 0. The van der Waals surface area contributed by atoms with Gasteiger partial charge in [-0.2, -0.15) is 5.10 Å². The van der Waals surface area contributed by atoms with Crippen LogP contribution in [-0.4, -0.2) is 29.1 Å². The Bertz CT molecular complexity index is 1090. The van der Waals surface area contributed by atoms with Crippen LogP contribution in [0.2, 0.25) is 0 Å². The number of hydrogen-bond donors (Lipinski definition) is 1. The van der Waals surface area contributed by atoms with E-state index in [0.717, 1.165) is 22.7 Å². The van der Waals surface area contributed by atoms with Crippen molar-refractivity contribution in [3.05, 3.63) is 78.9 Å². The SMILES string of the molecule is COc1ccc(-c2cc(-c3ccc(OC)cc3O)nn2-c2ccccc2)cc1. The minimum Gasteiger partial charge on any atom is -0.507 e. The Hall–Kier alpha value is -3.73. The zero-order valence-corrected chi connectivity index (χ0v) is 15.7. The van der Waals surface area contributed by atoms with Gasteiger partial charge in [0.2, 0.25) is 0 Å². The summed E-state index contributed by atoms with van der Waals surface area (Å²) in [6, 6.07) is 24.9. The van der Waals surface area contributed by atoms with Gasteiger partial charge in [-0.05, 0) is 54.6 Å². The maximum atomic E-state index is 10.4. The molecule has 140 valence electrons. The van der Waals surface area contributed by atoms with E-state index in [1.165, 1.54) is 0 Å². The molecule has 0 bridgehead atoms. The lowest BCUT2D eigenvalue weighted by Gasteiger charge is -2.08. The van der Waals surface area contributed by atoms with Crippen molar-refractivity contribution in [2.24, 2.45) is 0 Å². The van der Waals surface area contributed by atoms with E-state index in [4.69, 9.17) is 14.6 Å². The number of aromatic hydroxyl groups is 1. The second-order valence-electron chi connectivity index (χ2n) is 6.27. The predicted molar refractivity (Wildman–Crippen MR) is 109 cm³/mol. The highest BCUT2D eigenvalue weighted by Gasteiger charge is 2.16. The zero-order chi connectivity index (χ0) is 19.5. The second-order valence-corrected chi connectivity index (χ2v) is 6.27. The highest BCUT2D eigenvalue weighted by Crippen LogP contribution is 2.35. The molecule has 0 spiro atoms. The number of aromatic nitrogens is 2. The van der Waals surface area contributed by atoms with E-state index >= 15 is 0 Å². The molecule has 3 aromatic carbocycles. The lowest BCUT2D eigenvalue weighted by molar-refractivity contribution is 0.408. The molecule has 5 nitrogen and oxygen atoms in total. The Morgan fingerprint density at radius 2 is 1.46 bits per heavy atom. The Morgan fingerprint density at radius 1 is 0.786 bits per heavy atom. The van der Waals surface area contributed by atoms with Crippen LogP contribution in [0.1, 0.15) is 0 Å². The fourth-order valence-electron chi connectivity index (χ4n) is 3.10.